The summed E-state index contributed by atoms with van der Waals surface area (Å²) >= 11 is 0. The summed E-state index contributed by atoms with van der Waals surface area (Å²) < 4.78 is 5.20. The molecule has 1 atom stereocenters. The summed E-state index contributed by atoms with van der Waals surface area (Å²) in [6, 6.07) is 6.58. The fourth-order valence-electron chi connectivity index (χ4n) is 2.95. The highest BCUT2D eigenvalue weighted by molar-refractivity contribution is 5.94. The molecule has 1 aromatic rings. The number of benzene rings is 1. The minimum atomic E-state index is -0.557. The van der Waals surface area contributed by atoms with Crippen molar-refractivity contribution in [3.63, 3.8) is 0 Å². The van der Waals surface area contributed by atoms with Crippen molar-refractivity contribution in [3.8, 4) is 5.75 Å². The second-order valence-corrected chi connectivity index (χ2v) is 6.27. The largest absolute Gasteiger partial charge is 0.484 e. The number of hydrogen-bond acceptors (Lipinski definition) is 5. The van der Waals surface area contributed by atoms with Gasteiger partial charge in [-0.3, -0.25) is 14.4 Å². The lowest BCUT2D eigenvalue weighted by molar-refractivity contribution is -0.121. The molecule has 1 heterocycles. The monoisotopic (exact) mass is 398 g/mol. The molecule has 1 aromatic carbocycles. The lowest BCUT2D eigenvalue weighted by Crippen LogP contribution is -2.49. The number of likely N-dealkylation sites (tertiary alicyclic amines) is 1. The third-order valence-electron chi connectivity index (χ3n) is 4.28. The lowest BCUT2D eigenvalue weighted by Gasteiger charge is -2.36. The second-order valence-electron chi connectivity index (χ2n) is 6.27. The van der Waals surface area contributed by atoms with Crippen LogP contribution in [0.5, 0.6) is 5.75 Å². The molecule has 0 radical (unpaired) electrons. The Labute approximate surface area is 165 Å². The number of nitrogens with one attached hydrogen (secondary N) is 1. The third kappa shape index (κ3) is 7.07. The number of ether oxygens (including phenoxy) is 1. The van der Waals surface area contributed by atoms with E-state index in [4.69, 9.17) is 16.2 Å². The predicted molar refractivity (Wildman–Crippen MR) is 104 cm³/mol. The van der Waals surface area contributed by atoms with Crippen LogP contribution in [0.1, 0.15) is 36.0 Å². The number of carbonyl (C=O) groups is 3. The quantitative estimate of drug-likeness (QED) is 0.585. The Kier molecular flexibility index (Phi) is 9.60. The number of halogens is 1. The van der Waals surface area contributed by atoms with Crippen LogP contribution in [0.2, 0.25) is 0 Å². The van der Waals surface area contributed by atoms with E-state index in [9.17, 15) is 14.4 Å². The molecule has 2 rings (SSSR count). The first-order valence-corrected chi connectivity index (χ1v) is 8.80. The van der Waals surface area contributed by atoms with Gasteiger partial charge in [-0.25, -0.2) is 0 Å². The number of carbonyl (C=O) groups excluding carboxylic acids is 3. The maximum Gasteiger partial charge on any atom is 0.255 e. The third-order valence-corrected chi connectivity index (χ3v) is 4.28. The molecule has 1 fully saturated rings. The number of piperidine rings is 1. The summed E-state index contributed by atoms with van der Waals surface area (Å²) in [5.41, 5.74) is 11.0. The molecular weight excluding hydrogens is 372 g/mol. The maximum absolute atomic E-state index is 12.8. The van der Waals surface area contributed by atoms with Crippen molar-refractivity contribution in [2.24, 2.45) is 11.5 Å². The van der Waals surface area contributed by atoms with E-state index < -0.39 is 5.91 Å². The molecule has 0 spiro atoms. The molecular formula is C18H27ClN4O4. The highest BCUT2D eigenvalue weighted by atomic mass is 35.5. The van der Waals surface area contributed by atoms with Crippen LogP contribution in [0.3, 0.4) is 0 Å². The van der Waals surface area contributed by atoms with Crippen LogP contribution in [0, 0.1) is 0 Å². The summed E-state index contributed by atoms with van der Waals surface area (Å²) in [4.78, 5) is 37.0. The Morgan fingerprint density at radius 1 is 1.19 bits per heavy atom. The fraction of sp³-hybridized carbons (Fsp3) is 0.500. The predicted octanol–water partition coefficient (Wildman–Crippen LogP) is 0.432. The molecule has 1 aliphatic rings. The van der Waals surface area contributed by atoms with Gasteiger partial charge in [0.05, 0.1) is 0 Å². The Morgan fingerprint density at radius 2 is 1.89 bits per heavy atom. The van der Waals surface area contributed by atoms with Gasteiger partial charge in [-0.1, -0.05) is 0 Å². The molecule has 0 saturated carbocycles. The summed E-state index contributed by atoms with van der Waals surface area (Å²) in [5, 5.41) is 2.85. The zero-order chi connectivity index (χ0) is 18.9. The maximum atomic E-state index is 12.8. The fourth-order valence-corrected chi connectivity index (χ4v) is 2.95. The zero-order valence-electron chi connectivity index (χ0n) is 15.2. The summed E-state index contributed by atoms with van der Waals surface area (Å²) in [5.74, 6) is -0.256. The van der Waals surface area contributed by atoms with Crippen LogP contribution >= 0.6 is 12.4 Å². The standard InChI is InChI=1S/C18H26N4O4.ClH/c19-9-8-17(24)21-11-14-3-1-2-10-22(14)18(25)13-4-6-15(7-5-13)26-12-16(20)23;/h4-7,14H,1-3,8-12,19H2,(H2,20,23)(H,21,24);1H. The summed E-state index contributed by atoms with van der Waals surface area (Å²) in [6.07, 6.45) is 3.11. The average molecular weight is 399 g/mol. The second kappa shape index (κ2) is 11.4. The van der Waals surface area contributed by atoms with E-state index in [0.717, 1.165) is 19.3 Å². The minimum absolute atomic E-state index is 0. The van der Waals surface area contributed by atoms with Gasteiger partial charge in [0.25, 0.3) is 11.8 Å². The van der Waals surface area contributed by atoms with E-state index in [2.05, 4.69) is 5.32 Å². The Hall–Kier alpha value is -2.32. The van der Waals surface area contributed by atoms with Gasteiger partial charge < -0.3 is 26.4 Å². The summed E-state index contributed by atoms with van der Waals surface area (Å²) in [6.45, 7) is 1.20. The van der Waals surface area contributed by atoms with Crippen molar-refractivity contribution in [3.05, 3.63) is 29.8 Å². The van der Waals surface area contributed by atoms with E-state index in [-0.39, 0.29) is 43.3 Å². The lowest BCUT2D eigenvalue weighted by atomic mass is 10.0. The highest BCUT2D eigenvalue weighted by Crippen LogP contribution is 2.21. The molecule has 27 heavy (non-hydrogen) atoms. The van der Waals surface area contributed by atoms with Crippen molar-refractivity contribution in [1.82, 2.24) is 10.2 Å². The first-order valence-electron chi connectivity index (χ1n) is 8.80. The number of amides is 3. The van der Waals surface area contributed by atoms with Gasteiger partial charge in [0.15, 0.2) is 6.61 Å². The van der Waals surface area contributed by atoms with Crippen molar-refractivity contribution in [1.29, 1.82) is 0 Å². The van der Waals surface area contributed by atoms with E-state index >= 15 is 0 Å². The van der Waals surface area contributed by atoms with Crippen LogP contribution in [0.4, 0.5) is 0 Å². The van der Waals surface area contributed by atoms with Crippen molar-refractivity contribution in [2.45, 2.75) is 31.7 Å². The first-order chi connectivity index (χ1) is 12.5. The van der Waals surface area contributed by atoms with E-state index in [1.165, 1.54) is 0 Å². The molecule has 9 heteroatoms. The van der Waals surface area contributed by atoms with Crippen LogP contribution in [-0.4, -0.2) is 54.9 Å². The van der Waals surface area contributed by atoms with Crippen LogP contribution in [-0.2, 0) is 9.59 Å². The van der Waals surface area contributed by atoms with Crippen LogP contribution in [0.15, 0.2) is 24.3 Å². The molecule has 1 saturated heterocycles. The van der Waals surface area contributed by atoms with Crippen molar-refractivity contribution < 1.29 is 19.1 Å². The molecule has 1 unspecified atom stereocenters. The highest BCUT2D eigenvalue weighted by Gasteiger charge is 2.27. The normalized spacial score (nSPS) is 16.2. The van der Waals surface area contributed by atoms with Crippen molar-refractivity contribution >= 4 is 30.1 Å². The van der Waals surface area contributed by atoms with E-state index in [1.54, 1.807) is 24.3 Å². The Bertz CT molecular complexity index is 639. The van der Waals surface area contributed by atoms with Gasteiger partial charge in [0.1, 0.15) is 5.75 Å². The van der Waals surface area contributed by atoms with Gasteiger partial charge in [-0.2, -0.15) is 0 Å². The smallest absolute Gasteiger partial charge is 0.255 e. The SMILES string of the molecule is Cl.NCCC(=O)NCC1CCCCN1C(=O)c1ccc(OCC(N)=O)cc1. The molecule has 0 aliphatic carbocycles. The number of primary amides is 1. The molecule has 0 bridgehead atoms. The molecule has 1 aliphatic heterocycles. The number of hydrogen-bond donors (Lipinski definition) is 3. The minimum Gasteiger partial charge on any atom is -0.484 e. The Balaban J connectivity index is 0.00000364. The number of nitrogens with two attached hydrogens (primary N) is 2. The average Bonchev–Trinajstić information content (AvgIpc) is 2.65. The van der Waals surface area contributed by atoms with Gasteiger partial charge in [0, 0.05) is 37.7 Å². The van der Waals surface area contributed by atoms with Crippen LogP contribution < -0.4 is 21.5 Å². The molecule has 0 aromatic heterocycles. The molecule has 150 valence electrons. The summed E-state index contributed by atoms with van der Waals surface area (Å²) in [7, 11) is 0. The van der Waals surface area contributed by atoms with Gasteiger partial charge in [-0.15, -0.1) is 12.4 Å². The van der Waals surface area contributed by atoms with Gasteiger partial charge in [-0.05, 0) is 43.5 Å². The first kappa shape index (κ1) is 22.7. The van der Waals surface area contributed by atoms with Gasteiger partial charge in [0.2, 0.25) is 5.91 Å². The topological polar surface area (TPSA) is 128 Å². The van der Waals surface area contributed by atoms with Crippen molar-refractivity contribution in [2.75, 3.05) is 26.2 Å². The molecule has 8 nitrogen and oxygen atoms in total. The molecule has 5 N–H and O–H groups in total. The van der Waals surface area contributed by atoms with Gasteiger partial charge >= 0.3 is 0 Å². The number of nitrogens with zero attached hydrogens (tertiary/aromatic N) is 1. The van der Waals surface area contributed by atoms with Crippen LogP contribution in [0.25, 0.3) is 0 Å². The zero-order valence-corrected chi connectivity index (χ0v) is 16.0. The van der Waals surface area contributed by atoms with E-state index in [1.807, 2.05) is 4.90 Å². The molecule has 3 amide bonds. The number of rotatable bonds is 8. The Morgan fingerprint density at radius 3 is 2.52 bits per heavy atom. The van der Waals surface area contributed by atoms with E-state index in [0.29, 0.717) is 30.9 Å².